The van der Waals surface area contributed by atoms with E-state index in [0.29, 0.717) is 13.0 Å². The number of aliphatic hydroxyl groups is 1. The summed E-state index contributed by atoms with van der Waals surface area (Å²) in [6.07, 6.45) is 3.76. The molecule has 0 fully saturated rings. The van der Waals surface area contributed by atoms with Gasteiger partial charge in [0.1, 0.15) is 0 Å². The molecule has 0 bridgehead atoms. The van der Waals surface area contributed by atoms with E-state index < -0.39 is 0 Å². The third-order valence-corrected chi connectivity index (χ3v) is 3.63. The van der Waals surface area contributed by atoms with Gasteiger partial charge in [-0.25, -0.2) is 4.79 Å². The third-order valence-electron chi connectivity index (χ3n) is 3.63. The van der Waals surface area contributed by atoms with Crippen LogP contribution in [0.15, 0.2) is 24.5 Å². The molecule has 1 rings (SSSR count). The molecule has 5 heteroatoms. The lowest BCUT2D eigenvalue weighted by Gasteiger charge is -2.30. The molecule has 0 aromatic carbocycles. The van der Waals surface area contributed by atoms with Crippen molar-refractivity contribution < 1.29 is 9.90 Å². The molecule has 0 aliphatic rings. The van der Waals surface area contributed by atoms with Gasteiger partial charge in [-0.3, -0.25) is 4.98 Å². The molecule has 2 unspecified atom stereocenters. The number of hydrogen-bond donors (Lipinski definition) is 2. The SMILES string of the molecule is CC(O)CC(C)(C)CNC(=O)N(C)C(C)c1cccnc1. The number of rotatable bonds is 6. The number of pyridine rings is 1. The van der Waals surface area contributed by atoms with Crippen molar-refractivity contribution in [3.8, 4) is 0 Å². The van der Waals surface area contributed by atoms with Crippen LogP contribution in [0.5, 0.6) is 0 Å². The van der Waals surface area contributed by atoms with Crippen LogP contribution in [-0.2, 0) is 0 Å². The van der Waals surface area contributed by atoms with Gasteiger partial charge in [-0.15, -0.1) is 0 Å². The minimum Gasteiger partial charge on any atom is -0.393 e. The zero-order chi connectivity index (χ0) is 16.0. The monoisotopic (exact) mass is 293 g/mol. The van der Waals surface area contributed by atoms with Crippen molar-refractivity contribution in [1.82, 2.24) is 15.2 Å². The molecule has 0 radical (unpaired) electrons. The van der Waals surface area contributed by atoms with Crippen molar-refractivity contribution >= 4 is 6.03 Å². The maximum Gasteiger partial charge on any atom is 0.317 e. The lowest BCUT2D eigenvalue weighted by Crippen LogP contribution is -2.43. The summed E-state index contributed by atoms with van der Waals surface area (Å²) < 4.78 is 0. The average molecular weight is 293 g/mol. The predicted molar refractivity (Wildman–Crippen MR) is 83.9 cm³/mol. The van der Waals surface area contributed by atoms with Crippen molar-refractivity contribution in [1.29, 1.82) is 0 Å². The topological polar surface area (TPSA) is 65.5 Å². The fraction of sp³-hybridized carbons (Fsp3) is 0.625. The summed E-state index contributed by atoms with van der Waals surface area (Å²) in [6.45, 7) is 8.33. The minimum atomic E-state index is -0.371. The molecule has 118 valence electrons. The molecule has 5 nitrogen and oxygen atoms in total. The van der Waals surface area contributed by atoms with Gasteiger partial charge in [-0.1, -0.05) is 19.9 Å². The van der Waals surface area contributed by atoms with E-state index in [1.54, 1.807) is 31.3 Å². The van der Waals surface area contributed by atoms with Crippen molar-refractivity contribution in [3.63, 3.8) is 0 Å². The Bertz CT molecular complexity index is 446. The Morgan fingerprint density at radius 1 is 1.48 bits per heavy atom. The van der Waals surface area contributed by atoms with E-state index in [1.165, 1.54) is 0 Å². The highest BCUT2D eigenvalue weighted by molar-refractivity contribution is 5.74. The molecule has 0 saturated heterocycles. The molecule has 0 aliphatic carbocycles. The predicted octanol–water partition coefficient (Wildman–Crippen LogP) is 2.58. The molecule has 1 aromatic rings. The number of amides is 2. The summed E-state index contributed by atoms with van der Waals surface area (Å²) in [6, 6.07) is 3.66. The molecule has 0 spiro atoms. The van der Waals surface area contributed by atoms with E-state index in [-0.39, 0.29) is 23.6 Å². The van der Waals surface area contributed by atoms with Gasteiger partial charge >= 0.3 is 6.03 Å². The highest BCUT2D eigenvalue weighted by atomic mass is 16.3. The van der Waals surface area contributed by atoms with Gasteiger partial charge in [0.2, 0.25) is 0 Å². The van der Waals surface area contributed by atoms with Crippen LogP contribution in [0.4, 0.5) is 4.79 Å². The molecule has 2 amide bonds. The maximum atomic E-state index is 12.2. The van der Waals surface area contributed by atoms with Crippen molar-refractivity contribution in [2.24, 2.45) is 5.41 Å². The van der Waals surface area contributed by atoms with Crippen molar-refractivity contribution in [3.05, 3.63) is 30.1 Å². The van der Waals surface area contributed by atoms with Gasteiger partial charge < -0.3 is 15.3 Å². The summed E-state index contributed by atoms with van der Waals surface area (Å²) in [7, 11) is 1.77. The van der Waals surface area contributed by atoms with Gasteiger partial charge in [-0.2, -0.15) is 0 Å². The second-order valence-corrected chi connectivity index (χ2v) is 6.45. The maximum absolute atomic E-state index is 12.2. The summed E-state index contributed by atoms with van der Waals surface area (Å²) in [4.78, 5) is 18.0. The van der Waals surface area contributed by atoms with Crippen LogP contribution >= 0.6 is 0 Å². The summed E-state index contributed by atoms with van der Waals surface area (Å²) >= 11 is 0. The van der Waals surface area contributed by atoms with Gasteiger partial charge in [-0.05, 0) is 37.3 Å². The lowest BCUT2D eigenvalue weighted by atomic mass is 9.87. The Hall–Kier alpha value is -1.62. The van der Waals surface area contributed by atoms with E-state index in [2.05, 4.69) is 10.3 Å². The molecule has 1 aromatic heterocycles. The number of aromatic nitrogens is 1. The summed E-state index contributed by atoms with van der Waals surface area (Å²) in [5, 5.41) is 12.4. The summed E-state index contributed by atoms with van der Waals surface area (Å²) in [5.41, 5.74) is 0.862. The van der Waals surface area contributed by atoms with Crippen LogP contribution in [0.1, 0.15) is 45.7 Å². The van der Waals surface area contributed by atoms with Gasteiger partial charge in [0.05, 0.1) is 12.1 Å². The normalized spacial score (nSPS) is 14.4. The number of nitrogens with zero attached hydrogens (tertiary/aromatic N) is 2. The Morgan fingerprint density at radius 3 is 2.67 bits per heavy atom. The van der Waals surface area contributed by atoms with Gasteiger partial charge in [0, 0.05) is 26.0 Å². The number of hydrogen-bond acceptors (Lipinski definition) is 3. The lowest BCUT2D eigenvalue weighted by molar-refractivity contribution is 0.126. The Balaban J connectivity index is 2.55. The van der Waals surface area contributed by atoms with Crippen LogP contribution in [0.2, 0.25) is 0 Å². The zero-order valence-corrected chi connectivity index (χ0v) is 13.6. The molecular formula is C16H27N3O2. The zero-order valence-electron chi connectivity index (χ0n) is 13.6. The Kier molecular flexibility index (Phi) is 6.15. The number of urea groups is 1. The highest BCUT2D eigenvalue weighted by Gasteiger charge is 2.23. The quantitative estimate of drug-likeness (QED) is 0.847. The standard InChI is InChI=1S/C16H27N3O2/c1-12(20)9-16(3,4)11-18-15(21)19(5)13(2)14-7-6-8-17-10-14/h6-8,10,12-13,20H,9,11H2,1-5H3,(H,18,21). The molecule has 21 heavy (non-hydrogen) atoms. The van der Waals surface area contributed by atoms with Crippen LogP contribution in [0.25, 0.3) is 0 Å². The smallest absolute Gasteiger partial charge is 0.317 e. The van der Waals surface area contributed by atoms with Crippen LogP contribution in [0.3, 0.4) is 0 Å². The Morgan fingerprint density at radius 2 is 2.14 bits per heavy atom. The molecular weight excluding hydrogens is 266 g/mol. The molecule has 1 heterocycles. The van der Waals surface area contributed by atoms with Gasteiger partial charge in [0.25, 0.3) is 0 Å². The largest absolute Gasteiger partial charge is 0.393 e. The molecule has 0 aliphatic heterocycles. The first-order valence-electron chi connectivity index (χ1n) is 7.31. The fourth-order valence-electron chi connectivity index (χ4n) is 2.33. The number of aliphatic hydroxyl groups excluding tert-OH is 1. The summed E-state index contributed by atoms with van der Waals surface area (Å²) in [5.74, 6) is 0. The van der Waals surface area contributed by atoms with E-state index in [0.717, 1.165) is 5.56 Å². The highest BCUT2D eigenvalue weighted by Crippen LogP contribution is 2.22. The first kappa shape index (κ1) is 17.4. The van der Waals surface area contributed by atoms with E-state index in [9.17, 15) is 9.90 Å². The molecule has 2 N–H and O–H groups in total. The van der Waals surface area contributed by atoms with Crippen molar-refractivity contribution in [2.45, 2.75) is 46.3 Å². The van der Waals surface area contributed by atoms with Gasteiger partial charge in [0.15, 0.2) is 0 Å². The van der Waals surface area contributed by atoms with Crippen LogP contribution in [-0.4, -0.2) is 40.7 Å². The van der Waals surface area contributed by atoms with Crippen LogP contribution in [0, 0.1) is 5.41 Å². The Labute approximate surface area is 127 Å². The van der Waals surface area contributed by atoms with Crippen molar-refractivity contribution in [2.75, 3.05) is 13.6 Å². The van der Waals surface area contributed by atoms with E-state index in [4.69, 9.17) is 0 Å². The second-order valence-electron chi connectivity index (χ2n) is 6.45. The minimum absolute atomic E-state index is 0.0430. The number of nitrogens with one attached hydrogen (secondary N) is 1. The third kappa shape index (κ3) is 5.71. The first-order chi connectivity index (χ1) is 9.73. The number of carbonyl (C=O) groups is 1. The number of carbonyl (C=O) groups excluding carboxylic acids is 1. The fourth-order valence-corrected chi connectivity index (χ4v) is 2.33. The van der Waals surface area contributed by atoms with Crippen LogP contribution < -0.4 is 5.32 Å². The first-order valence-corrected chi connectivity index (χ1v) is 7.31. The van der Waals surface area contributed by atoms with E-state index >= 15 is 0 Å². The second kappa shape index (κ2) is 7.41. The molecule has 0 saturated carbocycles. The van der Waals surface area contributed by atoms with E-state index in [1.807, 2.05) is 32.9 Å². The molecule has 2 atom stereocenters. The average Bonchev–Trinajstić information content (AvgIpc) is 2.43.